The second-order valence-electron chi connectivity index (χ2n) is 3.66. The summed E-state index contributed by atoms with van der Waals surface area (Å²) in [6.07, 6.45) is 0.437. The van der Waals surface area contributed by atoms with Crippen molar-refractivity contribution in [1.29, 1.82) is 0 Å². The molecule has 0 unspecified atom stereocenters. The molecule has 1 rings (SSSR count). The summed E-state index contributed by atoms with van der Waals surface area (Å²) in [5.74, 6) is 0. The summed E-state index contributed by atoms with van der Waals surface area (Å²) < 4.78 is 13.2. The van der Waals surface area contributed by atoms with Crippen LogP contribution in [0.3, 0.4) is 0 Å². The van der Waals surface area contributed by atoms with E-state index in [1.165, 1.54) is 0 Å². The molecule has 0 nitrogen and oxygen atoms in total. The van der Waals surface area contributed by atoms with E-state index in [1.54, 1.807) is 13.8 Å². The van der Waals surface area contributed by atoms with Gasteiger partial charge in [-0.15, -0.1) is 0 Å². The molecule has 0 bridgehead atoms. The normalized spacial score (nSPS) is 11.7. The first-order valence-corrected chi connectivity index (χ1v) is 4.08. The van der Waals surface area contributed by atoms with Gasteiger partial charge >= 0.3 is 0 Å². The quantitative estimate of drug-likeness (QED) is 0.631. The SMILES string of the molecule is [CH2]c1ccccc1CC(C)(C)F. The second kappa shape index (κ2) is 3.26. The van der Waals surface area contributed by atoms with Gasteiger partial charge in [-0.05, 0) is 31.9 Å². The minimum absolute atomic E-state index is 0.437. The highest BCUT2D eigenvalue weighted by atomic mass is 19.1. The molecular formula is C11H14F. The molecule has 0 aliphatic rings. The first kappa shape index (κ1) is 9.24. The van der Waals surface area contributed by atoms with Crippen molar-refractivity contribution in [3.8, 4) is 0 Å². The Balaban J connectivity index is 2.83. The fourth-order valence-electron chi connectivity index (χ4n) is 1.18. The van der Waals surface area contributed by atoms with E-state index in [1.807, 2.05) is 24.3 Å². The van der Waals surface area contributed by atoms with Crippen LogP contribution in [-0.2, 0) is 6.42 Å². The number of halogens is 1. The molecule has 0 aliphatic heterocycles. The Morgan fingerprint density at radius 1 is 1.33 bits per heavy atom. The fraction of sp³-hybridized carbons (Fsp3) is 0.364. The fourth-order valence-corrected chi connectivity index (χ4v) is 1.18. The van der Waals surface area contributed by atoms with Crippen molar-refractivity contribution in [3.05, 3.63) is 42.3 Å². The third kappa shape index (κ3) is 2.65. The lowest BCUT2D eigenvalue weighted by atomic mass is 9.97. The van der Waals surface area contributed by atoms with E-state index < -0.39 is 5.67 Å². The van der Waals surface area contributed by atoms with Gasteiger partial charge in [-0.2, -0.15) is 0 Å². The summed E-state index contributed by atoms with van der Waals surface area (Å²) in [6.45, 7) is 7.00. The maximum absolute atomic E-state index is 13.2. The van der Waals surface area contributed by atoms with E-state index in [0.717, 1.165) is 11.1 Å². The average molecular weight is 165 g/mol. The molecule has 0 atom stereocenters. The molecule has 0 amide bonds. The van der Waals surface area contributed by atoms with Crippen LogP contribution in [-0.4, -0.2) is 5.67 Å². The maximum atomic E-state index is 13.2. The van der Waals surface area contributed by atoms with E-state index in [2.05, 4.69) is 6.92 Å². The molecule has 12 heavy (non-hydrogen) atoms. The zero-order valence-electron chi connectivity index (χ0n) is 7.60. The van der Waals surface area contributed by atoms with Gasteiger partial charge in [0.2, 0.25) is 0 Å². The smallest absolute Gasteiger partial charge is 0.109 e. The van der Waals surface area contributed by atoms with Gasteiger partial charge in [0.1, 0.15) is 5.67 Å². The van der Waals surface area contributed by atoms with Gasteiger partial charge in [0.25, 0.3) is 0 Å². The van der Waals surface area contributed by atoms with Crippen LogP contribution in [0.25, 0.3) is 0 Å². The van der Waals surface area contributed by atoms with Gasteiger partial charge in [0, 0.05) is 6.42 Å². The van der Waals surface area contributed by atoms with E-state index in [-0.39, 0.29) is 0 Å². The van der Waals surface area contributed by atoms with Crippen LogP contribution in [0.4, 0.5) is 4.39 Å². The summed E-state index contributed by atoms with van der Waals surface area (Å²) in [6, 6.07) is 7.65. The van der Waals surface area contributed by atoms with Crippen molar-refractivity contribution < 1.29 is 4.39 Å². The van der Waals surface area contributed by atoms with Gasteiger partial charge in [0.15, 0.2) is 0 Å². The van der Waals surface area contributed by atoms with Crippen molar-refractivity contribution in [1.82, 2.24) is 0 Å². The third-order valence-electron chi connectivity index (χ3n) is 1.73. The summed E-state index contributed by atoms with van der Waals surface area (Å²) >= 11 is 0. The molecule has 1 aromatic carbocycles. The Morgan fingerprint density at radius 3 is 2.42 bits per heavy atom. The van der Waals surface area contributed by atoms with E-state index in [9.17, 15) is 4.39 Å². The number of alkyl halides is 1. The first-order chi connectivity index (χ1) is 5.49. The van der Waals surface area contributed by atoms with Gasteiger partial charge < -0.3 is 0 Å². The van der Waals surface area contributed by atoms with Crippen LogP contribution in [0.2, 0.25) is 0 Å². The van der Waals surface area contributed by atoms with Crippen LogP contribution >= 0.6 is 0 Å². The molecule has 1 aromatic rings. The van der Waals surface area contributed by atoms with Crippen molar-refractivity contribution in [2.75, 3.05) is 0 Å². The Bertz CT molecular complexity index is 258. The van der Waals surface area contributed by atoms with Gasteiger partial charge in [-0.1, -0.05) is 24.3 Å². The minimum atomic E-state index is -1.15. The second-order valence-corrected chi connectivity index (χ2v) is 3.66. The van der Waals surface area contributed by atoms with Crippen LogP contribution in [0, 0.1) is 6.92 Å². The molecule has 0 heterocycles. The molecule has 0 saturated carbocycles. The minimum Gasteiger partial charge on any atom is -0.244 e. The Hall–Kier alpha value is -0.850. The molecule has 65 valence electrons. The zero-order valence-corrected chi connectivity index (χ0v) is 7.60. The summed E-state index contributed by atoms with van der Waals surface area (Å²) in [5, 5.41) is 0. The standard InChI is InChI=1S/C11H14F/c1-9-6-4-5-7-10(9)8-11(2,3)12/h4-7H,1,8H2,2-3H3. The van der Waals surface area contributed by atoms with Crippen LogP contribution in [0.15, 0.2) is 24.3 Å². The Morgan fingerprint density at radius 2 is 1.92 bits per heavy atom. The van der Waals surface area contributed by atoms with E-state index >= 15 is 0 Å². The van der Waals surface area contributed by atoms with E-state index in [4.69, 9.17) is 0 Å². The molecule has 0 spiro atoms. The van der Waals surface area contributed by atoms with Gasteiger partial charge in [-0.25, -0.2) is 4.39 Å². The molecule has 0 saturated heterocycles. The van der Waals surface area contributed by atoms with Gasteiger partial charge in [-0.3, -0.25) is 0 Å². The lowest BCUT2D eigenvalue weighted by Crippen LogP contribution is -2.16. The molecule has 1 radical (unpaired) electrons. The van der Waals surface area contributed by atoms with Crippen LogP contribution in [0.5, 0.6) is 0 Å². The third-order valence-corrected chi connectivity index (χ3v) is 1.73. The number of hydrogen-bond donors (Lipinski definition) is 0. The van der Waals surface area contributed by atoms with Crippen molar-refractivity contribution >= 4 is 0 Å². The number of hydrogen-bond acceptors (Lipinski definition) is 0. The highest BCUT2D eigenvalue weighted by Gasteiger charge is 2.16. The molecule has 0 fully saturated rings. The monoisotopic (exact) mass is 165 g/mol. The highest BCUT2D eigenvalue weighted by Crippen LogP contribution is 2.18. The van der Waals surface area contributed by atoms with Crippen LogP contribution in [0.1, 0.15) is 25.0 Å². The molecule has 0 aromatic heterocycles. The predicted octanol–water partition coefficient (Wildman–Crippen LogP) is 3.16. The molecule has 1 heteroatoms. The van der Waals surface area contributed by atoms with Crippen LogP contribution < -0.4 is 0 Å². The Labute approximate surface area is 73.4 Å². The highest BCUT2D eigenvalue weighted by molar-refractivity contribution is 5.30. The van der Waals surface area contributed by atoms with Crippen molar-refractivity contribution in [3.63, 3.8) is 0 Å². The molecular weight excluding hydrogens is 151 g/mol. The number of rotatable bonds is 2. The summed E-state index contributed by atoms with van der Waals surface area (Å²) in [4.78, 5) is 0. The first-order valence-electron chi connectivity index (χ1n) is 4.08. The molecule has 0 N–H and O–H groups in total. The summed E-state index contributed by atoms with van der Waals surface area (Å²) in [5.41, 5.74) is 0.765. The molecule has 0 aliphatic carbocycles. The lowest BCUT2D eigenvalue weighted by molar-refractivity contribution is 0.217. The number of benzene rings is 1. The predicted molar refractivity (Wildman–Crippen MR) is 49.8 cm³/mol. The topological polar surface area (TPSA) is 0 Å². The largest absolute Gasteiger partial charge is 0.244 e. The summed E-state index contributed by atoms with van der Waals surface area (Å²) in [7, 11) is 0. The average Bonchev–Trinajstić information content (AvgIpc) is 1.91. The van der Waals surface area contributed by atoms with Gasteiger partial charge in [0.05, 0.1) is 0 Å². The Kier molecular flexibility index (Phi) is 2.51. The zero-order chi connectivity index (χ0) is 9.19. The van der Waals surface area contributed by atoms with Crippen molar-refractivity contribution in [2.24, 2.45) is 0 Å². The van der Waals surface area contributed by atoms with Crippen molar-refractivity contribution in [2.45, 2.75) is 25.9 Å². The lowest BCUT2D eigenvalue weighted by Gasteiger charge is -2.15. The van der Waals surface area contributed by atoms with E-state index in [0.29, 0.717) is 6.42 Å². The maximum Gasteiger partial charge on any atom is 0.109 e.